The van der Waals surface area contributed by atoms with E-state index < -0.39 is 34.0 Å². The van der Waals surface area contributed by atoms with Crippen molar-refractivity contribution in [2.45, 2.75) is 62.9 Å². The highest BCUT2D eigenvalue weighted by Crippen LogP contribution is 2.31. The zero-order valence-corrected chi connectivity index (χ0v) is 21.1. The van der Waals surface area contributed by atoms with Crippen molar-refractivity contribution in [2.24, 2.45) is 28.3 Å². The van der Waals surface area contributed by atoms with E-state index >= 15 is 0 Å². The number of carboxylic acid groups (broad SMARTS) is 1. The predicted molar refractivity (Wildman–Crippen MR) is 133 cm³/mol. The van der Waals surface area contributed by atoms with Crippen molar-refractivity contribution in [3.8, 4) is 0 Å². The number of aliphatic carboxylic acids is 1. The van der Waals surface area contributed by atoms with E-state index in [2.05, 4.69) is 22.0 Å². The number of piperidine rings is 1. The lowest BCUT2D eigenvalue weighted by Gasteiger charge is -2.38. The summed E-state index contributed by atoms with van der Waals surface area (Å²) >= 11 is 0. The van der Waals surface area contributed by atoms with Crippen LogP contribution in [0, 0.1) is 11.8 Å². The van der Waals surface area contributed by atoms with Crippen molar-refractivity contribution in [2.75, 3.05) is 25.0 Å². The number of amides is 1. The van der Waals surface area contributed by atoms with Crippen molar-refractivity contribution in [1.82, 2.24) is 9.62 Å². The first-order chi connectivity index (χ1) is 16.5. The number of aliphatic imine (C=N–C) groups is 1. The molecule has 0 saturated carbocycles. The van der Waals surface area contributed by atoms with Gasteiger partial charge in [0, 0.05) is 19.6 Å². The van der Waals surface area contributed by atoms with Gasteiger partial charge < -0.3 is 26.8 Å². The summed E-state index contributed by atoms with van der Waals surface area (Å²) < 4.78 is 29.5. The number of carboxylic acids is 1. The highest BCUT2D eigenvalue weighted by atomic mass is 32.2. The summed E-state index contributed by atoms with van der Waals surface area (Å²) in [7, 11) is -4.10. The second kappa shape index (κ2) is 11.3. The molecule has 3 rings (SSSR count). The normalized spacial score (nSPS) is 23.0. The van der Waals surface area contributed by atoms with Gasteiger partial charge in [-0.05, 0) is 55.6 Å². The monoisotopic (exact) mass is 508 g/mol. The number of nitrogens with two attached hydrogens (primary N) is 2. The first kappa shape index (κ1) is 26.7. The molecule has 7 N–H and O–H groups in total. The van der Waals surface area contributed by atoms with Gasteiger partial charge in [-0.3, -0.25) is 9.79 Å². The number of carbonyl (C=O) groups excluding carboxylic acids is 1. The molecule has 12 heteroatoms. The summed E-state index contributed by atoms with van der Waals surface area (Å²) in [4.78, 5) is 30.7. The van der Waals surface area contributed by atoms with Crippen LogP contribution in [0.1, 0.15) is 45.1 Å². The molecular weight excluding hydrogens is 472 g/mol. The third-order valence-electron chi connectivity index (χ3n) is 6.57. The Morgan fingerprint density at radius 3 is 2.71 bits per heavy atom. The molecule has 0 aliphatic carbocycles. The molecular formula is C23H36N6O5S. The molecule has 2 aliphatic heterocycles. The molecule has 0 aromatic heterocycles. The quantitative estimate of drug-likeness (QED) is 0.184. The maximum absolute atomic E-state index is 13.5. The van der Waals surface area contributed by atoms with Gasteiger partial charge in [-0.15, -0.1) is 0 Å². The van der Waals surface area contributed by atoms with Crippen LogP contribution in [0.25, 0.3) is 0 Å². The van der Waals surface area contributed by atoms with E-state index in [1.165, 1.54) is 11.0 Å². The van der Waals surface area contributed by atoms with E-state index in [1.807, 2.05) is 13.0 Å². The Balaban J connectivity index is 1.88. The fourth-order valence-corrected chi connectivity index (χ4v) is 6.17. The van der Waals surface area contributed by atoms with Crippen LogP contribution in [-0.2, 0) is 26.0 Å². The number of anilines is 1. The number of nitrogens with zero attached hydrogens (tertiary/aromatic N) is 2. The second-order valence-electron chi connectivity index (χ2n) is 9.62. The van der Waals surface area contributed by atoms with Crippen molar-refractivity contribution in [3.05, 3.63) is 23.8 Å². The number of carbonyl (C=O) groups is 2. The molecule has 1 amide bonds. The largest absolute Gasteiger partial charge is 0.480 e. The molecule has 0 bridgehead atoms. The molecule has 1 aromatic rings. The van der Waals surface area contributed by atoms with Gasteiger partial charge in [0.2, 0.25) is 15.9 Å². The summed E-state index contributed by atoms with van der Waals surface area (Å²) in [6.45, 7) is 5.14. The van der Waals surface area contributed by atoms with Gasteiger partial charge >= 0.3 is 5.97 Å². The predicted octanol–water partition coefficient (Wildman–Crippen LogP) is 0.703. The Hall–Kier alpha value is -2.86. The average molecular weight is 509 g/mol. The average Bonchev–Trinajstić information content (AvgIpc) is 2.79. The molecule has 2 aliphatic rings. The van der Waals surface area contributed by atoms with Gasteiger partial charge in [-0.2, -0.15) is 4.72 Å². The van der Waals surface area contributed by atoms with Crippen LogP contribution < -0.4 is 21.5 Å². The number of sulfonamides is 1. The zero-order valence-electron chi connectivity index (χ0n) is 20.2. The van der Waals surface area contributed by atoms with Gasteiger partial charge in [0.1, 0.15) is 17.0 Å². The molecule has 1 aromatic carbocycles. The zero-order chi connectivity index (χ0) is 25.8. The number of likely N-dealkylation sites (tertiary alicyclic amines) is 1. The minimum absolute atomic E-state index is 0.0750. The van der Waals surface area contributed by atoms with E-state index in [-0.39, 0.29) is 36.3 Å². The van der Waals surface area contributed by atoms with Gasteiger partial charge in [0.05, 0.1) is 5.69 Å². The second-order valence-corrected chi connectivity index (χ2v) is 11.3. The number of rotatable bonds is 9. The molecule has 4 atom stereocenters. The number of para-hydroxylation sites is 1. The number of benzene rings is 1. The van der Waals surface area contributed by atoms with E-state index in [0.29, 0.717) is 37.4 Å². The van der Waals surface area contributed by atoms with E-state index in [4.69, 9.17) is 11.5 Å². The summed E-state index contributed by atoms with van der Waals surface area (Å²) in [6.07, 6.45) is 2.17. The van der Waals surface area contributed by atoms with Gasteiger partial charge in [-0.25, -0.2) is 13.2 Å². The lowest BCUT2D eigenvalue weighted by atomic mass is 9.91. The van der Waals surface area contributed by atoms with E-state index in [1.54, 1.807) is 6.07 Å². The number of hydrogen-bond donors (Lipinski definition) is 5. The first-order valence-electron chi connectivity index (χ1n) is 12.0. The third kappa shape index (κ3) is 6.63. The fourth-order valence-electron chi connectivity index (χ4n) is 4.72. The van der Waals surface area contributed by atoms with Crippen LogP contribution in [0.2, 0.25) is 0 Å². The highest BCUT2D eigenvalue weighted by Gasteiger charge is 2.39. The molecule has 11 nitrogen and oxygen atoms in total. The molecule has 35 heavy (non-hydrogen) atoms. The van der Waals surface area contributed by atoms with Gasteiger partial charge in [-0.1, -0.05) is 26.0 Å². The Morgan fingerprint density at radius 2 is 2.03 bits per heavy atom. The first-order valence-corrected chi connectivity index (χ1v) is 13.4. The van der Waals surface area contributed by atoms with Crippen molar-refractivity contribution < 1.29 is 23.1 Å². The SMILES string of the molecule is C[C@@H]1CCN(C(=O)[C@@H](CCCN=C(N)N)NS(=O)(=O)c2cccc3c2NC[C@H](C)C3)[C@@H](C(=O)O)C1. The number of guanidine groups is 1. The molecule has 1 saturated heterocycles. The third-order valence-corrected chi connectivity index (χ3v) is 8.09. The van der Waals surface area contributed by atoms with Crippen LogP contribution in [0.15, 0.2) is 28.1 Å². The molecule has 0 spiro atoms. The van der Waals surface area contributed by atoms with Gasteiger partial charge in [0.15, 0.2) is 5.96 Å². The van der Waals surface area contributed by atoms with Crippen LogP contribution in [-0.4, -0.2) is 68.0 Å². The van der Waals surface area contributed by atoms with Crippen LogP contribution in [0.4, 0.5) is 5.69 Å². The summed E-state index contributed by atoms with van der Waals surface area (Å²) in [5.74, 6) is -1.22. The smallest absolute Gasteiger partial charge is 0.326 e. The molecule has 1 fully saturated rings. The van der Waals surface area contributed by atoms with E-state index in [0.717, 1.165) is 12.0 Å². The fraction of sp³-hybridized carbons (Fsp3) is 0.609. The van der Waals surface area contributed by atoms with Gasteiger partial charge in [0.25, 0.3) is 0 Å². The highest BCUT2D eigenvalue weighted by molar-refractivity contribution is 7.89. The summed E-state index contributed by atoms with van der Waals surface area (Å²) in [6, 6.07) is 2.94. The molecule has 2 heterocycles. The number of fused-ring (bicyclic) bond motifs is 1. The number of nitrogens with one attached hydrogen (secondary N) is 2. The van der Waals surface area contributed by atoms with Crippen molar-refractivity contribution >= 4 is 33.5 Å². The lowest BCUT2D eigenvalue weighted by Crippen LogP contribution is -2.56. The topological polar surface area (TPSA) is 180 Å². The minimum atomic E-state index is -4.10. The number of hydrogen-bond acceptors (Lipinski definition) is 6. The molecule has 0 radical (unpaired) electrons. The Bertz CT molecular complexity index is 1070. The lowest BCUT2D eigenvalue weighted by molar-refractivity contribution is -0.153. The molecule has 0 unspecified atom stereocenters. The Labute approximate surface area is 206 Å². The van der Waals surface area contributed by atoms with Crippen molar-refractivity contribution in [1.29, 1.82) is 0 Å². The Morgan fingerprint density at radius 1 is 1.29 bits per heavy atom. The summed E-state index contributed by atoms with van der Waals surface area (Å²) in [5.41, 5.74) is 12.2. The van der Waals surface area contributed by atoms with Crippen LogP contribution >= 0.6 is 0 Å². The van der Waals surface area contributed by atoms with Crippen LogP contribution in [0.5, 0.6) is 0 Å². The molecule has 194 valence electrons. The maximum Gasteiger partial charge on any atom is 0.326 e. The van der Waals surface area contributed by atoms with Crippen molar-refractivity contribution in [3.63, 3.8) is 0 Å². The minimum Gasteiger partial charge on any atom is -0.480 e. The Kier molecular flexibility index (Phi) is 8.60. The maximum atomic E-state index is 13.5. The van der Waals surface area contributed by atoms with E-state index in [9.17, 15) is 23.1 Å². The standard InChI is InChI=1S/C23H36N6O5S/c1-14-8-10-29(18(12-14)22(31)32)21(30)17(6-4-9-26-23(24)25)28-35(33,34)19-7-3-5-16-11-15(2)13-27-20(16)19/h3,5,7,14-15,17-18,27-28H,4,6,8-13H2,1-2H3,(H,31,32)(H4,24,25,26)/t14-,15-,17-,18-/m1/s1. The summed E-state index contributed by atoms with van der Waals surface area (Å²) in [5, 5.41) is 12.9. The van der Waals surface area contributed by atoms with Crippen LogP contribution in [0.3, 0.4) is 0 Å².